The van der Waals surface area contributed by atoms with E-state index < -0.39 is 12.1 Å². The zero-order chi connectivity index (χ0) is 19.3. The first-order chi connectivity index (χ1) is 12.9. The maximum Gasteiger partial charge on any atom is 0.329 e. The molecule has 3 amide bonds. The number of benzene rings is 2. The van der Waals surface area contributed by atoms with Crippen LogP contribution in [-0.4, -0.2) is 24.0 Å². The maximum absolute atomic E-state index is 12.6. The van der Waals surface area contributed by atoms with Gasteiger partial charge in [-0.1, -0.05) is 41.4 Å². The molecule has 140 valence electrons. The minimum absolute atomic E-state index is 0.0415. The van der Waals surface area contributed by atoms with E-state index in [1.165, 1.54) is 4.90 Å². The number of carbonyl (C=O) groups excluding carboxylic acids is 2. The minimum atomic E-state index is -0.534. The highest BCUT2D eigenvalue weighted by Gasteiger charge is 2.39. The standard InChI is InChI=1S/C20H19Cl2N3O2/c1-10-7-14(15-8-12(21)9-16(22)18(15)23-10)13-5-3-4-6-17(13)25-19(26)11(2)24-20(25)27/h3-6,8-11,14,23H,7H2,1-2H3,(H,24,27)/t10-,11?,14?/m1/s1. The Kier molecular flexibility index (Phi) is 4.52. The first-order valence-electron chi connectivity index (χ1n) is 8.85. The lowest BCUT2D eigenvalue weighted by Crippen LogP contribution is -2.33. The van der Waals surface area contributed by atoms with E-state index in [1.54, 1.807) is 13.0 Å². The van der Waals surface area contributed by atoms with Crippen molar-refractivity contribution in [2.24, 2.45) is 0 Å². The van der Waals surface area contributed by atoms with E-state index in [1.807, 2.05) is 30.3 Å². The van der Waals surface area contributed by atoms with Gasteiger partial charge in [-0.3, -0.25) is 4.79 Å². The third-order valence-electron chi connectivity index (χ3n) is 5.13. The van der Waals surface area contributed by atoms with Crippen molar-refractivity contribution in [3.8, 4) is 0 Å². The molecule has 5 nitrogen and oxygen atoms in total. The fraction of sp³-hybridized carbons (Fsp3) is 0.300. The number of para-hydroxylation sites is 1. The lowest BCUT2D eigenvalue weighted by Gasteiger charge is -2.34. The number of rotatable bonds is 2. The van der Waals surface area contributed by atoms with Crippen LogP contribution < -0.4 is 15.5 Å². The number of halogens is 2. The smallest absolute Gasteiger partial charge is 0.329 e. The number of hydrogen-bond donors (Lipinski definition) is 2. The number of imide groups is 1. The molecule has 27 heavy (non-hydrogen) atoms. The summed E-state index contributed by atoms with van der Waals surface area (Å²) in [4.78, 5) is 26.2. The van der Waals surface area contributed by atoms with Gasteiger partial charge in [0.05, 0.1) is 16.4 Å². The molecule has 0 saturated carbocycles. The molecule has 2 aromatic rings. The van der Waals surface area contributed by atoms with Crippen LogP contribution in [0.1, 0.15) is 37.3 Å². The van der Waals surface area contributed by atoms with Crippen molar-refractivity contribution < 1.29 is 9.59 Å². The van der Waals surface area contributed by atoms with Crippen LogP contribution in [0.15, 0.2) is 36.4 Å². The lowest BCUT2D eigenvalue weighted by atomic mass is 9.81. The second kappa shape index (κ2) is 6.73. The average Bonchev–Trinajstić information content (AvgIpc) is 2.87. The van der Waals surface area contributed by atoms with Gasteiger partial charge in [0.15, 0.2) is 0 Å². The summed E-state index contributed by atoms with van der Waals surface area (Å²) in [6.45, 7) is 3.77. The number of fused-ring (bicyclic) bond motifs is 1. The molecule has 4 rings (SSSR count). The van der Waals surface area contributed by atoms with Gasteiger partial charge in [-0.05, 0) is 49.6 Å². The van der Waals surface area contributed by atoms with Crippen molar-refractivity contribution in [3.63, 3.8) is 0 Å². The van der Waals surface area contributed by atoms with Gasteiger partial charge in [-0.15, -0.1) is 0 Å². The van der Waals surface area contributed by atoms with E-state index in [0.717, 1.165) is 23.2 Å². The molecule has 0 aliphatic carbocycles. The second-order valence-electron chi connectivity index (χ2n) is 7.09. The molecule has 2 aliphatic rings. The molecule has 1 fully saturated rings. The molecular weight excluding hydrogens is 385 g/mol. The van der Waals surface area contributed by atoms with Crippen LogP contribution in [0.3, 0.4) is 0 Å². The van der Waals surface area contributed by atoms with Crippen molar-refractivity contribution >= 4 is 46.5 Å². The lowest BCUT2D eigenvalue weighted by molar-refractivity contribution is -0.117. The van der Waals surface area contributed by atoms with E-state index in [2.05, 4.69) is 17.6 Å². The van der Waals surface area contributed by atoms with Crippen LogP contribution in [0.5, 0.6) is 0 Å². The molecular formula is C20H19Cl2N3O2. The number of hydrogen-bond acceptors (Lipinski definition) is 3. The molecule has 0 aromatic heterocycles. The zero-order valence-corrected chi connectivity index (χ0v) is 16.4. The largest absolute Gasteiger partial charge is 0.381 e. The Morgan fingerprint density at radius 2 is 1.78 bits per heavy atom. The molecule has 2 aromatic carbocycles. The number of urea groups is 1. The van der Waals surface area contributed by atoms with Gasteiger partial charge < -0.3 is 10.6 Å². The summed E-state index contributed by atoms with van der Waals surface area (Å²) < 4.78 is 0. The van der Waals surface area contributed by atoms with E-state index in [9.17, 15) is 9.59 Å². The normalized spacial score (nSPS) is 24.4. The van der Waals surface area contributed by atoms with Crippen molar-refractivity contribution in [2.45, 2.75) is 38.3 Å². The summed E-state index contributed by atoms with van der Waals surface area (Å²) in [6.07, 6.45) is 0.792. The summed E-state index contributed by atoms with van der Waals surface area (Å²) in [6, 6.07) is 10.4. The Morgan fingerprint density at radius 3 is 2.48 bits per heavy atom. The van der Waals surface area contributed by atoms with Gasteiger partial charge in [-0.25, -0.2) is 9.69 Å². The van der Waals surface area contributed by atoms with Crippen LogP contribution in [0, 0.1) is 0 Å². The molecule has 0 spiro atoms. The minimum Gasteiger partial charge on any atom is -0.381 e. The number of nitrogens with zero attached hydrogens (tertiary/aromatic N) is 1. The van der Waals surface area contributed by atoms with E-state index >= 15 is 0 Å². The van der Waals surface area contributed by atoms with Crippen molar-refractivity contribution in [1.29, 1.82) is 0 Å². The first-order valence-corrected chi connectivity index (χ1v) is 9.61. The quantitative estimate of drug-likeness (QED) is 0.709. The molecule has 2 unspecified atom stereocenters. The highest BCUT2D eigenvalue weighted by atomic mass is 35.5. The van der Waals surface area contributed by atoms with Gasteiger partial charge in [0, 0.05) is 17.0 Å². The average molecular weight is 404 g/mol. The molecule has 2 heterocycles. The van der Waals surface area contributed by atoms with Crippen LogP contribution in [-0.2, 0) is 4.79 Å². The molecule has 7 heteroatoms. The second-order valence-corrected chi connectivity index (χ2v) is 7.93. The third kappa shape index (κ3) is 3.05. The topological polar surface area (TPSA) is 61.4 Å². The number of nitrogens with one attached hydrogen (secondary N) is 2. The highest BCUT2D eigenvalue weighted by Crippen LogP contribution is 2.46. The first kappa shape index (κ1) is 18.1. The molecule has 3 atom stereocenters. The van der Waals surface area contributed by atoms with E-state index in [-0.39, 0.29) is 17.9 Å². The van der Waals surface area contributed by atoms with Gasteiger partial charge in [0.1, 0.15) is 6.04 Å². The highest BCUT2D eigenvalue weighted by molar-refractivity contribution is 6.36. The fourth-order valence-corrected chi connectivity index (χ4v) is 4.48. The molecule has 2 N–H and O–H groups in total. The Bertz CT molecular complexity index is 947. The predicted molar refractivity (Wildman–Crippen MR) is 108 cm³/mol. The van der Waals surface area contributed by atoms with Crippen LogP contribution in [0.25, 0.3) is 0 Å². The maximum atomic E-state index is 12.6. The van der Waals surface area contributed by atoms with E-state index in [0.29, 0.717) is 15.7 Å². The monoisotopic (exact) mass is 403 g/mol. The summed E-state index contributed by atoms with van der Waals surface area (Å²) in [5.41, 5.74) is 3.33. The predicted octanol–water partition coefficient (Wildman–Crippen LogP) is 4.77. The summed E-state index contributed by atoms with van der Waals surface area (Å²) in [5.74, 6) is -0.293. The number of amides is 3. The summed E-state index contributed by atoms with van der Waals surface area (Å²) in [5, 5.41) is 7.21. The molecule has 0 radical (unpaired) electrons. The number of anilines is 2. The zero-order valence-electron chi connectivity index (χ0n) is 14.9. The van der Waals surface area contributed by atoms with E-state index in [4.69, 9.17) is 23.2 Å². The van der Waals surface area contributed by atoms with Crippen LogP contribution >= 0.6 is 23.2 Å². The summed E-state index contributed by atoms with van der Waals surface area (Å²) >= 11 is 12.7. The van der Waals surface area contributed by atoms with Gasteiger partial charge in [0.25, 0.3) is 5.91 Å². The summed E-state index contributed by atoms with van der Waals surface area (Å²) in [7, 11) is 0. The van der Waals surface area contributed by atoms with Crippen molar-refractivity contribution in [2.75, 3.05) is 10.2 Å². The van der Waals surface area contributed by atoms with Gasteiger partial charge in [-0.2, -0.15) is 0 Å². The van der Waals surface area contributed by atoms with Crippen molar-refractivity contribution in [3.05, 3.63) is 57.6 Å². The molecule has 1 saturated heterocycles. The Hall–Kier alpha value is -2.24. The fourth-order valence-electron chi connectivity index (χ4n) is 3.92. The Balaban J connectivity index is 1.87. The number of carbonyl (C=O) groups is 2. The SMILES string of the molecule is CC1NC(=O)N(c2ccccc2C2C[C@@H](C)Nc3c(Cl)cc(Cl)cc32)C1=O. The van der Waals surface area contributed by atoms with Crippen LogP contribution in [0.2, 0.25) is 10.0 Å². The Morgan fingerprint density at radius 1 is 1.04 bits per heavy atom. The van der Waals surface area contributed by atoms with Gasteiger partial charge in [0.2, 0.25) is 0 Å². The molecule has 0 bridgehead atoms. The van der Waals surface area contributed by atoms with Crippen molar-refractivity contribution in [1.82, 2.24) is 5.32 Å². The van der Waals surface area contributed by atoms with Gasteiger partial charge >= 0.3 is 6.03 Å². The Labute approximate surface area is 167 Å². The third-order valence-corrected chi connectivity index (χ3v) is 5.64. The van der Waals surface area contributed by atoms with Crippen LogP contribution in [0.4, 0.5) is 16.2 Å². The molecule has 2 aliphatic heterocycles.